The van der Waals surface area contributed by atoms with E-state index in [1.807, 2.05) is 26.1 Å². The summed E-state index contributed by atoms with van der Waals surface area (Å²) < 4.78 is 2.74. The van der Waals surface area contributed by atoms with Gasteiger partial charge in [-0.15, -0.1) is 0 Å². The Hall–Kier alpha value is -2.21. The zero-order valence-corrected chi connectivity index (χ0v) is 13.2. The van der Waals surface area contributed by atoms with E-state index in [0.29, 0.717) is 10.8 Å². The number of hydrogen-bond acceptors (Lipinski definition) is 4. The highest BCUT2D eigenvalue weighted by Gasteiger charge is 2.15. The molecule has 21 heavy (non-hydrogen) atoms. The van der Waals surface area contributed by atoms with Crippen molar-refractivity contribution in [2.24, 2.45) is 7.05 Å². The average Bonchev–Trinajstić information content (AvgIpc) is 2.92. The predicted octanol–water partition coefficient (Wildman–Crippen LogP) is 3.21. The van der Waals surface area contributed by atoms with Crippen molar-refractivity contribution in [3.63, 3.8) is 0 Å². The Kier molecular flexibility index (Phi) is 3.25. The maximum absolute atomic E-state index is 12.3. The predicted molar refractivity (Wildman–Crippen MR) is 85.0 cm³/mol. The summed E-state index contributed by atoms with van der Waals surface area (Å²) in [6.45, 7) is 5.97. The molecule has 0 fully saturated rings. The number of nitrogens with one attached hydrogen (secondary N) is 1. The second-order valence-electron chi connectivity index (χ2n) is 5.24. The molecule has 0 atom stereocenters. The molecule has 6 heteroatoms. The first-order valence-corrected chi connectivity index (χ1v) is 7.45. The Balaban J connectivity index is 1.93. The first-order chi connectivity index (χ1) is 9.94. The highest BCUT2D eigenvalue weighted by molar-refractivity contribution is 7.22. The van der Waals surface area contributed by atoms with Crippen LogP contribution in [0.1, 0.15) is 27.2 Å². The largest absolute Gasteiger partial charge is 0.296 e. The van der Waals surface area contributed by atoms with Crippen LogP contribution in [0, 0.1) is 20.8 Å². The van der Waals surface area contributed by atoms with E-state index in [4.69, 9.17) is 0 Å². The fraction of sp³-hybridized carbons (Fsp3) is 0.267. The van der Waals surface area contributed by atoms with Crippen molar-refractivity contribution in [2.75, 3.05) is 5.32 Å². The average molecular weight is 300 g/mol. The molecule has 0 aliphatic carbocycles. The number of thiazole rings is 1. The molecule has 3 rings (SSSR count). The van der Waals surface area contributed by atoms with Crippen molar-refractivity contribution in [1.82, 2.24) is 14.8 Å². The van der Waals surface area contributed by atoms with Crippen molar-refractivity contribution < 1.29 is 4.79 Å². The second-order valence-corrected chi connectivity index (χ2v) is 6.24. The molecule has 5 nitrogen and oxygen atoms in total. The first-order valence-electron chi connectivity index (χ1n) is 6.63. The van der Waals surface area contributed by atoms with Gasteiger partial charge < -0.3 is 0 Å². The van der Waals surface area contributed by atoms with Gasteiger partial charge in [0.15, 0.2) is 10.8 Å². The van der Waals surface area contributed by atoms with E-state index in [1.165, 1.54) is 22.5 Å². The van der Waals surface area contributed by atoms with Crippen LogP contribution in [0.3, 0.4) is 0 Å². The number of carbonyl (C=O) groups is 1. The lowest BCUT2D eigenvalue weighted by Crippen LogP contribution is -2.13. The summed E-state index contributed by atoms with van der Waals surface area (Å²) in [4.78, 5) is 16.7. The molecule has 0 radical (unpaired) electrons. The molecule has 0 saturated carbocycles. The van der Waals surface area contributed by atoms with Crippen molar-refractivity contribution >= 4 is 32.6 Å². The monoisotopic (exact) mass is 300 g/mol. The number of nitrogens with zero attached hydrogens (tertiary/aromatic N) is 3. The lowest BCUT2D eigenvalue weighted by atomic mass is 10.1. The SMILES string of the molecule is Cc1cc(C)c2sc(NC(=O)c3nn(C)cc3C)nc2c1. The zero-order valence-electron chi connectivity index (χ0n) is 12.4. The molecule has 0 aliphatic heterocycles. The Morgan fingerprint density at radius 1 is 1.24 bits per heavy atom. The van der Waals surface area contributed by atoms with Gasteiger partial charge in [0.1, 0.15) is 0 Å². The third-order valence-electron chi connectivity index (χ3n) is 3.27. The minimum Gasteiger partial charge on any atom is -0.296 e. The Labute approximate surface area is 126 Å². The molecular weight excluding hydrogens is 284 g/mol. The third kappa shape index (κ3) is 2.54. The van der Waals surface area contributed by atoms with Crippen molar-refractivity contribution in [3.8, 4) is 0 Å². The molecule has 0 bridgehead atoms. The number of benzene rings is 1. The number of aryl methyl sites for hydroxylation is 4. The van der Waals surface area contributed by atoms with E-state index in [1.54, 1.807) is 11.7 Å². The Morgan fingerprint density at radius 2 is 2.00 bits per heavy atom. The molecule has 2 heterocycles. The highest BCUT2D eigenvalue weighted by Crippen LogP contribution is 2.30. The second kappa shape index (κ2) is 4.96. The number of anilines is 1. The van der Waals surface area contributed by atoms with Crippen molar-refractivity contribution in [3.05, 3.63) is 40.7 Å². The van der Waals surface area contributed by atoms with Crippen LogP contribution in [-0.2, 0) is 7.05 Å². The highest BCUT2D eigenvalue weighted by atomic mass is 32.1. The van der Waals surface area contributed by atoms with Gasteiger partial charge in [-0.05, 0) is 38.0 Å². The minimum atomic E-state index is -0.221. The van der Waals surface area contributed by atoms with Crippen molar-refractivity contribution in [1.29, 1.82) is 0 Å². The number of hydrogen-bond donors (Lipinski definition) is 1. The van der Waals surface area contributed by atoms with E-state index in [0.717, 1.165) is 15.8 Å². The van der Waals surface area contributed by atoms with Crippen LogP contribution in [0.5, 0.6) is 0 Å². The Bertz CT molecular complexity index is 847. The molecule has 108 valence electrons. The maximum Gasteiger partial charge on any atom is 0.278 e. The van der Waals surface area contributed by atoms with Gasteiger partial charge >= 0.3 is 0 Å². The summed E-state index contributed by atoms with van der Waals surface area (Å²) in [5, 5.41) is 7.62. The fourth-order valence-electron chi connectivity index (χ4n) is 2.42. The molecule has 0 spiro atoms. The molecular formula is C15H16N4OS. The van der Waals surface area contributed by atoms with Gasteiger partial charge in [-0.1, -0.05) is 17.4 Å². The maximum atomic E-state index is 12.3. The molecule has 3 aromatic rings. The number of carbonyl (C=O) groups excluding carboxylic acids is 1. The van der Waals surface area contributed by atoms with Crippen LogP contribution < -0.4 is 5.32 Å². The van der Waals surface area contributed by atoms with Gasteiger partial charge in [0, 0.05) is 18.8 Å². The van der Waals surface area contributed by atoms with E-state index >= 15 is 0 Å². The standard InChI is InChI=1S/C15H16N4OS/c1-8-5-9(2)13-11(6-8)16-15(21-13)17-14(20)12-10(3)7-19(4)18-12/h5-7H,1-4H3,(H,16,17,20). The van der Waals surface area contributed by atoms with Crippen LogP contribution in [0.4, 0.5) is 5.13 Å². The smallest absolute Gasteiger partial charge is 0.278 e. The van der Waals surface area contributed by atoms with E-state index in [9.17, 15) is 4.79 Å². The van der Waals surface area contributed by atoms with Crippen LogP contribution in [0.25, 0.3) is 10.2 Å². The Morgan fingerprint density at radius 3 is 2.67 bits per heavy atom. The van der Waals surface area contributed by atoms with Crippen LogP contribution >= 0.6 is 11.3 Å². The molecule has 2 aromatic heterocycles. The minimum absolute atomic E-state index is 0.221. The molecule has 1 aromatic carbocycles. The summed E-state index contributed by atoms with van der Waals surface area (Å²) in [5.74, 6) is -0.221. The molecule has 0 saturated heterocycles. The fourth-order valence-corrected chi connectivity index (χ4v) is 3.33. The van der Waals surface area contributed by atoms with E-state index < -0.39 is 0 Å². The van der Waals surface area contributed by atoms with Crippen LogP contribution in [0.2, 0.25) is 0 Å². The number of fused-ring (bicyclic) bond motifs is 1. The topological polar surface area (TPSA) is 59.8 Å². The third-order valence-corrected chi connectivity index (χ3v) is 4.39. The van der Waals surface area contributed by atoms with E-state index in [-0.39, 0.29) is 5.91 Å². The lowest BCUT2D eigenvalue weighted by molar-refractivity contribution is 0.102. The molecule has 1 N–H and O–H groups in total. The van der Waals surface area contributed by atoms with Gasteiger partial charge in [0.05, 0.1) is 10.2 Å². The number of rotatable bonds is 2. The molecule has 1 amide bonds. The van der Waals surface area contributed by atoms with Gasteiger partial charge in [-0.25, -0.2) is 4.98 Å². The number of aromatic nitrogens is 3. The molecule has 0 unspecified atom stereocenters. The summed E-state index contributed by atoms with van der Waals surface area (Å²) in [6.07, 6.45) is 1.82. The first kappa shape index (κ1) is 13.8. The van der Waals surface area contributed by atoms with Crippen LogP contribution in [-0.4, -0.2) is 20.7 Å². The summed E-state index contributed by atoms with van der Waals surface area (Å²) in [6, 6.07) is 4.15. The summed E-state index contributed by atoms with van der Waals surface area (Å²) >= 11 is 1.49. The van der Waals surface area contributed by atoms with Crippen LogP contribution in [0.15, 0.2) is 18.3 Å². The summed E-state index contributed by atoms with van der Waals surface area (Å²) in [7, 11) is 1.80. The van der Waals surface area contributed by atoms with Crippen molar-refractivity contribution in [2.45, 2.75) is 20.8 Å². The van der Waals surface area contributed by atoms with Gasteiger partial charge in [-0.3, -0.25) is 14.8 Å². The van der Waals surface area contributed by atoms with E-state index in [2.05, 4.69) is 28.4 Å². The van der Waals surface area contributed by atoms with Gasteiger partial charge in [-0.2, -0.15) is 5.10 Å². The number of amides is 1. The van der Waals surface area contributed by atoms with Gasteiger partial charge in [0.25, 0.3) is 5.91 Å². The van der Waals surface area contributed by atoms with Gasteiger partial charge in [0.2, 0.25) is 0 Å². The lowest BCUT2D eigenvalue weighted by Gasteiger charge is -1.98. The zero-order chi connectivity index (χ0) is 15.1. The molecule has 0 aliphatic rings. The quantitative estimate of drug-likeness (QED) is 0.790. The normalized spacial score (nSPS) is 11.0. The summed E-state index contributed by atoms with van der Waals surface area (Å²) in [5.41, 5.74) is 4.55.